The molecule has 110 valence electrons. The predicted molar refractivity (Wildman–Crippen MR) is 78.1 cm³/mol. The Balaban J connectivity index is 1.71. The van der Waals surface area contributed by atoms with Crippen molar-refractivity contribution in [2.75, 3.05) is 26.2 Å². The van der Waals surface area contributed by atoms with Gasteiger partial charge in [0.15, 0.2) is 0 Å². The molecule has 19 heavy (non-hydrogen) atoms. The van der Waals surface area contributed by atoms with Crippen molar-refractivity contribution in [3.8, 4) is 0 Å². The highest BCUT2D eigenvalue weighted by Crippen LogP contribution is 2.23. The Bertz CT molecular complexity index is 303. The van der Waals surface area contributed by atoms with E-state index in [1.165, 1.54) is 0 Å². The maximum Gasteiger partial charge on any atom is 0.225 e. The molecule has 0 aromatic rings. The summed E-state index contributed by atoms with van der Waals surface area (Å²) in [5, 5.41) is 3.49. The van der Waals surface area contributed by atoms with E-state index in [0.717, 1.165) is 39.0 Å². The fourth-order valence-electron chi connectivity index (χ4n) is 3.16. The van der Waals surface area contributed by atoms with Crippen LogP contribution in [0.1, 0.15) is 40.5 Å². The first kappa shape index (κ1) is 14.8. The quantitative estimate of drug-likeness (QED) is 0.834. The lowest BCUT2D eigenvalue weighted by Gasteiger charge is -2.44. The monoisotopic (exact) mass is 267 g/mol. The number of amides is 1. The van der Waals surface area contributed by atoms with Crippen molar-refractivity contribution in [2.24, 2.45) is 5.92 Å². The maximum atomic E-state index is 12.4. The second-order valence-corrected chi connectivity index (χ2v) is 6.67. The lowest BCUT2D eigenvalue weighted by Crippen LogP contribution is -2.62. The summed E-state index contributed by atoms with van der Waals surface area (Å²) in [6.45, 7) is 12.8. The smallest absolute Gasteiger partial charge is 0.225 e. The Hall–Kier alpha value is -0.610. The van der Waals surface area contributed by atoms with Gasteiger partial charge in [-0.15, -0.1) is 0 Å². The van der Waals surface area contributed by atoms with Crippen molar-refractivity contribution in [3.63, 3.8) is 0 Å². The van der Waals surface area contributed by atoms with Crippen LogP contribution in [0, 0.1) is 5.92 Å². The minimum Gasteiger partial charge on any atom is -0.339 e. The number of nitrogens with zero attached hydrogens (tertiary/aromatic N) is 2. The zero-order valence-corrected chi connectivity index (χ0v) is 12.9. The van der Waals surface area contributed by atoms with Gasteiger partial charge < -0.3 is 15.1 Å². The lowest BCUT2D eigenvalue weighted by molar-refractivity contribution is -0.142. The van der Waals surface area contributed by atoms with Crippen LogP contribution < -0.4 is 5.32 Å². The van der Waals surface area contributed by atoms with Crippen LogP contribution in [0.15, 0.2) is 0 Å². The molecular weight excluding hydrogens is 238 g/mol. The average Bonchev–Trinajstić information content (AvgIpc) is 2.32. The van der Waals surface area contributed by atoms with Crippen LogP contribution in [-0.4, -0.2) is 60.0 Å². The van der Waals surface area contributed by atoms with Crippen LogP contribution in [-0.2, 0) is 4.79 Å². The SMILES string of the molecule is CC(C)NC1CN(C(=O)C2CCN(C(C)C)CC2)C1. The molecule has 0 spiro atoms. The standard InChI is InChI=1S/C15H29N3O/c1-11(2)16-14-9-18(10-14)15(19)13-5-7-17(8-6-13)12(3)4/h11-14,16H,5-10H2,1-4H3. The van der Waals surface area contributed by atoms with Crippen LogP contribution in [0.3, 0.4) is 0 Å². The molecule has 1 amide bonds. The number of carbonyl (C=O) groups excluding carboxylic acids is 1. The largest absolute Gasteiger partial charge is 0.339 e. The fraction of sp³-hybridized carbons (Fsp3) is 0.933. The minimum atomic E-state index is 0.273. The third kappa shape index (κ3) is 3.69. The van der Waals surface area contributed by atoms with Crippen molar-refractivity contribution in [2.45, 2.75) is 58.7 Å². The number of hydrogen-bond acceptors (Lipinski definition) is 3. The van der Waals surface area contributed by atoms with Crippen LogP contribution in [0.5, 0.6) is 0 Å². The molecule has 2 heterocycles. The molecule has 1 N–H and O–H groups in total. The summed E-state index contributed by atoms with van der Waals surface area (Å²) in [6, 6.07) is 1.64. The first-order valence-electron chi connectivity index (χ1n) is 7.76. The minimum absolute atomic E-state index is 0.273. The molecule has 4 nitrogen and oxygen atoms in total. The Morgan fingerprint density at radius 2 is 1.68 bits per heavy atom. The molecule has 0 bridgehead atoms. The molecule has 0 aliphatic carbocycles. The normalized spacial score (nSPS) is 23.2. The van der Waals surface area contributed by atoms with Gasteiger partial charge in [-0.05, 0) is 39.8 Å². The summed E-state index contributed by atoms with van der Waals surface area (Å²) in [5.74, 6) is 0.667. The molecule has 0 radical (unpaired) electrons. The Kier molecular flexibility index (Phi) is 4.85. The molecule has 0 aromatic carbocycles. The summed E-state index contributed by atoms with van der Waals surface area (Å²) in [7, 11) is 0. The number of rotatable bonds is 4. The van der Waals surface area contributed by atoms with Gasteiger partial charge in [-0.3, -0.25) is 4.79 Å². The van der Waals surface area contributed by atoms with Crippen LogP contribution in [0.2, 0.25) is 0 Å². The lowest BCUT2D eigenvalue weighted by atomic mass is 9.92. The molecule has 4 heteroatoms. The topological polar surface area (TPSA) is 35.6 Å². The van der Waals surface area contributed by atoms with Gasteiger partial charge in [0.2, 0.25) is 5.91 Å². The maximum absolute atomic E-state index is 12.4. The van der Waals surface area contributed by atoms with Gasteiger partial charge in [0.1, 0.15) is 0 Å². The predicted octanol–water partition coefficient (Wildman–Crippen LogP) is 1.32. The third-order valence-corrected chi connectivity index (χ3v) is 4.37. The first-order valence-corrected chi connectivity index (χ1v) is 7.76. The number of piperidine rings is 1. The first-order chi connectivity index (χ1) is 8.97. The van der Waals surface area contributed by atoms with Crippen molar-refractivity contribution in [3.05, 3.63) is 0 Å². The highest BCUT2D eigenvalue weighted by atomic mass is 16.2. The average molecular weight is 267 g/mol. The van der Waals surface area contributed by atoms with Gasteiger partial charge in [0.25, 0.3) is 0 Å². The molecule has 2 aliphatic rings. The van der Waals surface area contributed by atoms with Crippen LogP contribution >= 0.6 is 0 Å². The van der Waals surface area contributed by atoms with E-state index >= 15 is 0 Å². The van der Waals surface area contributed by atoms with E-state index < -0.39 is 0 Å². The molecule has 2 rings (SSSR count). The van der Waals surface area contributed by atoms with Crippen LogP contribution in [0.4, 0.5) is 0 Å². The van der Waals surface area contributed by atoms with Gasteiger partial charge in [0.05, 0.1) is 0 Å². The molecule has 0 aromatic heterocycles. The van der Waals surface area contributed by atoms with E-state index in [1.54, 1.807) is 0 Å². The van der Waals surface area contributed by atoms with Gasteiger partial charge in [0, 0.05) is 37.1 Å². The van der Waals surface area contributed by atoms with Crippen LogP contribution in [0.25, 0.3) is 0 Å². The summed E-state index contributed by atoms with van der Waals surface area (Å²) in [4.78, 5) is 16.9. The van der Waals surface area contributed by atoms with Crippen molar-refractivity contribution < 1.29 is 4.79 Å². The second kappa shape index (κ2) is 6.23. The van der Waals surface area contributed by atoms with E-state index in [0.29, 0.717) is 24.0 Å². The molecule has 2 aliphatic heterocycles. The summed E-state index contributed by atoms with van der Waals surface area (Å²) in [6.07, 6.45) is 2.07. The fourth-order valence-corrected chi connectivity index (χ4v) is 3.16. The summed E-state index contributed by atoms with van der Waals surface area (Å²) < 4.78 is 0. The zero-order valence-electron chi connectivity index (χ0n) is 12.9. The molecule has 0 saturated carbocycles. The van der Waals surface area contributed by atoms with E-state index in [4.69, 9.17) is 0 Å². The van der Waals surface area contributed by atoms with Gasteiger partial charge in [-0.2, -0.15) is 0 Å². The van der Waals surface area contributed by atoms with Gasteiger partial charge in [-0.1, -0.05) is 13.8 Å². The number of nitrogens with one attached hydrogen (secondary N) is 1. The number of likely N-dealkylation sites (tertiary alicyclic amines) is 2. The molecule has 2 saturated heterocycles. The number of hydrogen-bond donors (Lipinski definition) is 1. The highest BCUT2D eigenvalue weighted by molar-refractivity contribution is 5.79. The van der Waals surface area contributed by atoms with E-state index in [1.807, 2.05) is 4.90 Å². The van der Waals surface area contributed by atoms with E-state index in [2.05, 4.69) is 37.9 Å². The van der Waals surface area contributed by atoms with Crippen molar-refractivity contribution >= 4 is 5.91 Å². The Labute approximate surface area is 117 Å². The summed E-state index contributed by atoms with van der Waals surface area (Å²) >= 11 is 0. The van der Waals surface area contributed by atoms with E-state index in [-0.39, 0.29) is 5.92 Å². The molecule has 2 fully saturated rings. The zero-order chi connectivity index (χ0) is 14.0. The molecular formula is C15H29N3O. The molecule has 0 atom stereocenters. The van der Waals surface area contributed by atoms with Gasteiger partial charge in [-0.25, -0.2) is 0 Å². The Morgan fingerprint density at radius 3 is 2.16 bits per heavy atom. The third-order valence-electron chi connectivity index (χ3n) is 4.37. The van der Waals surface area contributed by atoms with Crippen molar-refractivity contribution in [1.29, 1.82) is 0 Å². The van der Waals surface area contributed by atoms with Crippen molar-refractivity contribution in [1.82, 2.24) is 15.1 Å². The molecule has 0 unspecified atom stereocenters. The Morgan fingerprint density at radius 1 is 1.11 bits per heavy atom. The number of carbonyl (C=O) groups is 1. The second-order valence-electron chi connectivity index (χ2n) is 6.67. The summed E-state index contributed by atoms with van der Waals surface area (Å²) in [5.41, 5.74) is 0. The van der Waals surface area contributed by atoms with E-state index in [9.17, 15) is 4.79 Å². The highest BCUT2D eigenvalue weighted by Gasteiger charge is 2.35. The van der Waals surface area contributed by atoms with Gasteiger partial charge >= 0.3 is 0 Å².